The number of fused-ring (bicyclic) bond motifs is 1. The lowest BCUT2D eigenvalue weighted by Gasteiger charge is -2.25. The molecule has 2 amide bonds. The molecule has 3 N–H and O–H groups in total. The summed E-state index contributed by atoms with van der Waals surface area (Å²) in [6.07, 6.45) is 0.643. The molecular weight excluding hydrogens is 350 g/mol. The number of halogens is 1. The molecule has 2 aromatic rings. The summed E-state index contributed by atoms with van der Waals surface area (Å²) in [4.78, 5) is 24.4. The average Bonchev–Trinajstić information content (AvgIpc) is 2.66. The summed E-state index contributed by atoms with van der Waals surface area (Å²) in [5.74, 6) is -0.335. The van der Waals surface area contributed by atoms with E-state index in [1.807, 2.05) is 55.5 Å². The normalized spacial score (nSPS) is 16.6. The third-order valence-corrected chi connectivity index (χ3v) is 4.50. The van der Waals surface area contributed by atoms with Crippen LogP contribution >= 0.6 is 12.4 Å². The van der Waals surface area contributed by atoms with Gasteiger partial charge in [-0.05, 0) is 30.0 Å². The number of hydrogen-bond donors (Lipinski definition) is 3. The Morgan fingerprint density at radius 1 is 1.08 bits per heavy atom. The Hall–Kier alpha value is -2.37. The zero-order valence-corrected chi connectivity index (χ0v) is 15.5. The van der Waals surface area contributed by atoms with E-state index in [4.69, 9.17) is 0 Å². The molecule has 1 aliphatic rings. The van der Waals surface area contributed by atoms with Gasteiger partial charge in [0.2, 0.25) is 11.8 Å². The van der Waals surface area contributed by atoms with Crippen LogP contribution in [0.1, 0.15) is 29.7 Å². The monoisotopic (exact) mass is 373 g/mol. The molecule has 0 aliphatic carbocycles. The molecule has 1 heterocycles. The van der Waals surface area contributed by atoms with E-state index < -0.39 is 0 Å². The molecule has 0 saturated carbocycles. The standard InChI is InChI=1S/C20H23N3O2.ClH/c1-14(15-7-3-2-4-8-15)23-19(24)13-22-20(25)18-11-16-9-5-6-10-17(16)12-21-18;/h2-10,14,18,21H,11-13H2,1H3,(H,22,25)(H,23,24);1H/t14?,18-;/m0./s1. The number of hydrogen-bond acceptors (Lipinski definition) is 3. The van der Waals surface area contributed by atoms with E-state index in [1.165, 1.54) is 11.1 Å². The molecule has 26 heavy (non-hydrogen) atoms. The highest BCUT2D eigenvalue weighted by Crippen LogP contribution is 2.16. The van der Waals surface area contributed by atoms with Gasteiger partial charge in [0, 0.05) is 6.54 Å². The first-order valence-electron chi connectivity index (χ1n) is 8.55. The van der Waals surface area contributed by atoms with Crippen molar-refractivity contribution in [1.29, 1.82) is 0 Å². The van der Waals surface area contributed by atoms with Crippen molar-refractivity contribution >= 4 is 24.2 Å². The van der Waals surface area contributed by atoms with Crippen LogP contribution in [0.4, 0.5) is 0 Å². The third kappa shape index (κ3) is 5.07. The van der Waals surface area contributed by atoms with E-state index in [2.05, 4.69) is 22.0 Å². The van der Waals surface area contributed by atoms with Crippen LogP contribution < -0.4 is 16.0 Å². The highest BCUT2D eigenvalue weighted by Gasteiger charge is 2.24. The lowest BCUT2D eigenvalue weighted by Crippen LogP contribution is -2.49. The minimum absolute atomic E-state index is 0. The summed E-state index contributed by atoms with van der Waals surface area (Å²) >= 11 is 0. The fraction of sp³-hybridized carbons (Fsp3) is 0.300. The first kappa shape index (κ1) is 19.9. The summed E-state index contributed by atoms with van der Waals surface area (Å²) in [6, 6.07) is 17.4. The van der Waals surface area contributed by atoms with Gasteiger partial charge in [-0.15, -0.1) is 12.4 Å². The Kier molecular flexibility index (Phi) is 7.18. The minimum Gasteiger partial charge on any atom is -0.348 e. The maximum Gasteiger partial charge on any atom is 0.239 e. The number of rotatable bonds is 5. The number of carbonyl (C=O) groups excluding carboxylic acids is 2. The van der Waals surface area contributed by atoms with Gasteiger partial charge in [-0.3, -0.25) is 9.59 Å². The van der Waals surface area contributed by atoms with Crippen LogP contribution in [0.25, 0.3) is 0 Å². The van der Waals surface area contributed by atoms with Crippen LogP contribution in [0.3, 0.4) is 0 Å². The SMILES string of the molecule is CC(NC(=O)CNC(=O)[C@@H]1Cc2ccccc2CN1)c1ccccc1.Cl. The topological polar surface area (TPSA) is 70.2 Å². The van der Waals surface area contributed by atoms with Crippen molar-refractivity contribution in [3.05, 3.63) is 71.3 Å². The summed E-state index contributed by atoms with van der Waals surface area (Å²) in [5.41, 5.74) is 3.44. The summed E-state index contributed by atoms with van der Waals surface area (Å²) < 4.78 is 0. The molecule has 0 radical (unpaired) electrons. The number of amides is 2. The van der Waals surface area contributed by atoms with Gasteiger partial charge in [0.25, 0.3) is 0 Å². The van der Waals surface area contributed by atoms with Crippen molar-refractivity contribution in [3.8, 4) is 0 Å². The highest BCUT2D eigenvalue weighted by atomic mass is 35.5. The smallest absolute Gasteiger partial charge is 0.239 e. The number of carbonyl (C=O) groups is 2. The Labute approximate surface area is 160 Å². The quantitative estimate of drug-likeness (QED) is 0.751. The van der Waals surface area contributed by atoms with Crippen LogP contribution in [0.5, 0.6) is 0 Å². The summed E-state index contributed by atoms with van der Waals surface area (Å²) in [7, 11) is 0. The van der Waals surface area contributed by atoms with E-state index in [9.17, 15) is 9.59 Å². The predicted octanol–water partition coefficient (Wildman–Crippen LogP) is 2.12. The second-order valence-electron chi connectivity index (χ2n) is 6.32. The molecule has 0 saturated heterocycles. The van der Waals surface area contributed by atoms with E-state index >= 15 is 0 Å². The molecule has 138 valence electrons. The maximum absolute atomic E-state index is 12.3. The van der Waals surface area contributed by atoms with E-state index in [0.29, 0.717) is 13.0 Å². The molecule has 3 rings (SSSR count). The van der Waals surface area contributed by atoms with Gasteiger partial charge in [0.05, 0.1) is 18.6 Å². The van der Waals surface area contributed by atoms with E-state index in [1.54, 1.807) is 0 Å². The van der Waals surface area contributed by atoms with Crippen LogP contribution in [-0.4, -0.2) is 24.4 Å². The molecule has 0 bridgehead atoms. The molecule has 1 aliphatic heterocycles. The Balaban J connectivity index is 0.00000243. The maximum atomic E-state index is 12.3. The molecular formula is C20H24ClN3O2. The highest BCUT2D eigenvalue weighted by molar-refractivity contribution is 5.88. The van der Waals surface area contributed by atoms with Gasteiger partial charge in [-0.1, -0.05) is 54.6 Å². The second-order valence-corrected chi connectivity index (χ2v) is 6.32. The van der Waals surface area contributed by atoms with Gasteiger partial charge in [0.15, 0.2) is 0 Å². The molecule has 2 atom stereocenters. The van der Waals surface area contributed by atoms with Crippen LogP contribution in [0.15, 0.2) is 54.6 Å². The fourth-order valence-corrected chi connectivity index (χ4v) is 3.05. The van der Waals surface area contributed by atoms with Crippen molar-refractivity contribution in [2.45, 2.75) is 32.0 Å². The Bertz CT molecular complexity index is 752. The number of nitrogens with one attached hydrogen (secondary N) is 3. The molecule has 0 fully saturated rings. The van der Waals surface area contributed by atoms with Gasteiger partial charge >= 0.3 is 0 Å². The first-order chi connectivity index (χ1) is 12.1. The first-order valence-corrected chi connectivity index (χ1v) is 8.55. The number of benzene rings is 2. The van der Waals surface area contributed by atoms with Crippen LogP contribution in [0.2, 0.25) is 0 Å². The molecule has 0 spiro atoms. The molecule has 0 aromatic heterocycles. The Morgan fingerprint density at radius 2 is 1.73 bits per heavy atom. The molecule has 6 heteroatoms. The van der Waals surface area contributed by atoms with Crippen LogP contribution in [-0.2, 0) is 22.6 Å². The summed E-state index contributed by atoms with van der Waals surface area (Å²) in [6.45, 7) is 2.58. The lowest BCUT2D eigenvalue weighted by molar-refractivity contribution is -0.127. The van der Waals surface area contributed by atoms with Crippen molar-refractivity contribution in [3.63, 3.8) is 0 Å². The third-order valence-electron chi connectivity index (χ3n) is 4.50. The average molecular weight is 374 g/mol. The summed E-state index contributed by atoms with van der Waals surface area (Å²) in [5, 5.41) is 8.84. The van der Waals surface area contributed by atoms with E-state index in [0.717, 1.165) is 5.56 Å². The van der Waals surface area contributed by atoms with Gasteiger partial charge in [-0.2, -0.15) is 0 Å². The zero-order valence-electron chi connectivity index (χ0n) is 14.7. The zero-order chi connectivity index (χ0) is 17.6. The van der Waals surface area contributed by atoms with Gasteiger partial charge in [0.1, 0.15) is 0 Å². The fourth-order valence-electron chi connectivity index (χ4n) is 3.05. The van der Waals surface area contributed by atoms with E-state index in [-0.39, 0.29) is 42.8 Å². The van der Waals surface area contributed by atoms with Gasteiger partial charge < -0.3 is 16.0 Å². The van der Waals surface area contributed by atoms with Crippen LogP contribution in [0, 0.1) is 0 Å². The predicted molar refractivity (Wildman–Crippen MR) is 104 cm³/mol. The molecule has 2 aromatic carbocycles. The minimum atomic E-state index is -0.297. The second kappa shape index (κ2) is 9.36. The van der Waals surface area contributed by atoms with Crippen molar-refractivity contribution in [1.82, 2.24) is 16.0 Å². The largest absolute Gasteiger partial charge is 0.348 e. The van der Waals surface area contributed by atoms with Gasteiger partial charge in [-0.25, -0.2) is 0 Å². The van der Waals surface area contributed by atoms with Crippen molar-refractivity contribution in [2.75, 3.05) is 6.54 Å². The molecule has 5 nitrogen and oxygen atoms in total. The van der Waals surface area contributed by atoms with Crippen molar-refractivity contribution in [2.24, 2.45) is 0 Å². The Morgan fingerprint density at radius 3 is 2.46 bits per heavy atom. The molecule has 1 unspecified atom stereocenters. The lowest BCUT2D eigenvalue weighted by atomic mass is 9.95. The van der Waals surface area contributed by atoms with Crippen molar-refractivity contribution < 1.29 is 9.59 Å².